The number of piperidine rings is 1. The largest absolute Gasteiger partial charge is 0.481 e. The summed E-state index contributed by atoms with van der Waals surface area (Å²) >= 11 is 0. The van der Waals surface area contributed by atoms with Gasteiger partial charge in [0.25, 0.3) is 0 Å². The van der Waals surface area contributed by atoms with E-state index in [4.69, 9.17) is 4.74 Å². The molecule has 2 saturated heterocycles. The Morgan fingerprint density at radius 1 is 1.11 bits per heavy atom. The molecule has 1 N–H and O–H groups in total. The highest BCUT2D eigenvalue weighted by atomic mass is 16.5. The average Bonchev–Trinajstić information content (AvgIpc) is 3.22. The minimum Gasteiger partial charge on any atom is -0.481 e. The molecule has 1 atom stereocenters. The monoisotopic (exact) mass is 381 g/mol. The van der Waals surface area contributed by atoms with Gasteiger partial charge in [0.1, 0.15) is 0 Å². The van der Waals surface area contributed by atoms with E-state index in [0.29, 0.717) is 23.8 Å². The second-order valence-corrected chi connectivity index (χ2v) is 7.44. The van der Waals surface area contributed by atoms with E-state index in [1.54, 1.807) is 19.4 Å². The molecular formula is C21H27N5O2. The molecule has 2 aliphatic rings. The van der Waals surface area contributed by atoms with Crippen LogP contribution in [-0.2, 0) is 4.79 Å². The van der Waals surface area contributed by atoms with E-state index in [9.17, 15) is 4.79 Å². The average molecular weight is 381 g/mol. The molecule has 2 aromatic rings. The van der Waals surface area contributed by atoms with Crippen LogP contribution in [0.3, 0.4) is 0 Å². The molecular weight excluding hydrogens is 354 g/mol. The fourth-order valence-electron chi connectivity index (χ4n) is 4.03. The van der Waals surface area contributed by atoms with Gasteiger partial charge in [-0.3, -0.25) is 4.79 Å². The number of benzene rings is 1. The molecule has 1 aromatic heterocycles. The summed E-state index contributed by atoms with van der Waals surface area (Å²) in [6.45, 7) is 3.21. The Kier molecular flexibility index (Phi) is 5.60. The van der Waals surface area contributed by atoms with E-state index in [1.165, 1.54) is 0 Å². The molecule has 7 heteroatoms. The maximum atomic E-state index is 13.0. The van der Waals surface area contributed by atoms with Gasteiger partial charge in [0.05, 0.1) is 7.11 Å². The predicted octanol–water partition coefficient (Wildman–Crippen LogP) is 2.41. The lowest BCUT2D eigenvalue weighted by atomic mass is 9.95. The third-order valence-electron chi connectivity index (χ3n) is 5.60. The Bertz CT molecular complexity index is 792. The van der Waals surface area contributed by atoms with Crippen molar-refractivity contribution in [3.05, 3.63) is 42.6 Å². The van der Waals surface area contributed by atoms with Gasteiger partial charge >= 0.3 is 0 Å². The van der Waals surface area contributed by atoms with Crippen LogP contribution in [0.5, 0.6) is 5.88 Å². The molecule has 2 fully saturated rings. The zero-order chi connectivity index (χ0) is 19.3. The molecule has 3 heterocycles. The molecule has 1 amide bonds. The van der Waals surface area contributed by atoms with E-state index >= 15 is 0 Å². The van der Waals surface area contributed by atoms with Gasteiger partial charge in [-0.1, -0.05) is 18.2 Å². The molecule has 2 aliphatic heterocycles. The number of rotatable bonds is 5. The van der Waals surface area contributed by atoms with Gasteiger partial charge in [-0.15, -0.1) is 0 Å². The van der Waals surface area contributed by atoms with E-state index in [2.05, 4.69) is 32.3 Å². The number of ether oxygens (including phenoxy) is 1. The third-order valence-corrected chi connectivity index (χ3v) is 5.60. The lowest BCUT2D eigenvalue weighted by molar-refractivity contribution is -0.135. The van der Waals surface area contributed by atoms with E-state index in [1.807, 2.05) is 23.1 Å². The number of para-hydroxylation sites is 1. The number of amides is 1. The molecule has 4 rings (SSSR count). The Labute approximate surface area is 165 Å². The highest BCUT2D eigenvalue weighted by molar-refractivity contribution is 5.79. The van der Waals surface area contributed by atoms with Crippen molar-refractivity contribution in [2.24, 2.45) is 5.92 Å². The predicted molar refractivity (Wildman–Crippen MR) is 109 cm³/mol. The van der Waals surface area contributed by atoms with Crippen molar-refractivity contribution in [1.29, 1.82) is 0 Å². The lowest BCUT2D eigenvalue weighted by Gasteiger charge is -2.33. The molecule has 0 aliphatic carbocycles. The quantitative estimate of drug-likeness (QED) is 0.858. The molecule has 0 unspecified atom stereocenters. The first-order valence-corrected chi connectivity index (χ1v) is 9.95. The van der Waals surface area contributed by atoms with Crippen LogP contribution in [0.4, 0.5) is 11.6 Å². The second-order valence-electron chi connectivity index (χ2n) is 7.44. The van der Waals surface area contributed by atoms with E-state index in [-0.39, 0.29) is 5.92 Å². The minimum absolute atomic E-state index is 0.0948. The summed E-state index contributed by atoms with van der Waals surface area (Å²) in [7, 11) is 1.60. The highest BCUT2D eigenvalue weighted by Crippen LogP contribution is 2.25. The van der Waals surface area contributed by atoms with Crippen LogP contribution < -0.4 is 15.0 Å². The van der Waals surface area contributed by atoms with Crippen LogP contribution in [0.2, 0.25) is 0 Å². The maximum absolute atomic E-state index is 13.0. The second kappa shape index (κ2) is 8.46. The van der Waals surface area contributed by atoms with Crippen molar-refractivity contribution in [3.8, 4) is 5.88 Å². The van der Waals surface area contributed by atoms with E-state index < -0.39 is 0 Å². The van der Waals surface area contributed by atoms with Crippen LogP contribution >= 0.6 is 0 Å². The molecule has 0 saturated carbocycles. The van der Waals surface area contributed by atoms with Crippen molar-refractivity contribution in [1.82, 2.24) is 14.9 Å². The van der Waals surface area contributed by atoms with Crippen LogP contribution in [-0.4, -0.2) is 60.1 Å². The van der Waals surface area contributed by atoms with Crippen LogP contribution in [0.15, 0.2) is 42.6 Å². The Hall–Kier alpha value is -2.83. The number of nitrogens with zero attached hydrogens (tertiary/aromatic N) is 4. The number of methoxy groups -OCH3 is 1. The van der Waals surface area contributed by atoms with Crippen molar-refractivity contribution in [2.75, 3.05) is 43.5 Å². The Morgan fingerprint density at radius 3 is 2.64 bits per heavy atom. The number of carbonyl (C=O) groups excluding carboxylic acids is 1. The van der Waals surface area contributed by atoms with Gasteiger partial charge in [-0.25, -0.2) is 4.98 Å². The van der Waals surface area contributed by atoms with Crippen LogP contribution in [0, 0.1) is 5.92 Å². The SMILES string of the molecule is COc1ccnc(N2CCC(C(=O)N3CC[C@H](Nc4ccccc4)C3)CC2)n1. The van der Waals surface area contributed by atoms with Crippen molar-refractivity contribution in [3.63, 3.8) is 0 Å². The molecule has 28 heavy (non-hydrogen) atoms. The van der Waals surface area contributed by atoms with Gasteiger partial charge < -0.3 is 19.9 Å². The van der Waals surface area contributed by atoms with Gasteiger partial charge in [-0.05, 0) is 31.4 Å². The third kappa shape index (κ3) is 4.18. The standard InChI is InChI=1S/C21H27N5O2/c1-28-19-7-11-22-21(24-19)25-12-8-16(9-13-25)20(27)26-14-10-18(15-26)23-17-5-3-2-4-6-17/h2-7,11,16,18,23H,8-10,12-15H2,1H3/t18-/m0/s1. The number of hydrogen-bond acceptors (Lipinski definition) is 6. The topological polar surface area (TPSA) is 70.6 Å². The number of aromatic nitrogens is 2. The van der Waals surface area contributed by atoms with Gasteiger partial charge in [-0.2, -0.15) is 4.98 Å². The summed E-state index contributed by atoms with van der Waals surface area (Å²) in [5.41, 5.74) is 1.12. The first-order valence-electron chi connectivity index (χ1n) is 9.95. The summed E-state index contributed by atoms with van der Waals surface area (Å²) in [6.07, 6.45) is 4.39. The number of anilines is 2. The fraction of sp³-hybridized carbons (Fsp3) is 0.476. The molecule has 148 valence electrons. The molecule has 0 radical (unpaired) electrons. The first kappa shape index (κ1) is 18.5. The van der Waals surface area contributed by atoms with Gasteiger partial charge in [0, 0.05) is 56.1 Å². The zero-order valence-electron chi connectivity index (χ0n) is 16.3. The fourth-order valence-corrected chi connectivity index (χ4v) is 4.03. The van der Waals surface area contributed by atoms with Crippen molar-refractivity contribution in [2.45, 2.75) is 25.3 Å². The number of likely N-dealkylation sites (tertiary alicyclic amines) is 1. The minimum atomic E-state index is 0.0948. The summed E-state index contributed by atoms with van der Waals surface area (Å²) in [6, 6.07) is 12.3. The summed E-state index contributed by atoms with van der Waals surface area (Å²) in [5.74, 6) is 1.64. The normalized spacial score (nSPS) is 20.2. The number of nitrogens with one attached hydrogen (secondary N) is 1. The number of hydrogen-bond donors (Lipinski definition) is 1. The van der Waals surface area contributed by atoms with Gasteiger partial charge in [0.15, 0.2) is 0 Å². The maximum Gasteiger partial charge on any atom is 0.228 e. The van der Waals surface area contributed by atoms with Gasteiger partial charge in [0.2, 0.25) is 17.7 Å². The van der Waals surface area contributed by atoms with Crippen LogP contribution in [0.1, 0.15) is 19.3 Å². The zero-order valence-corrected chi connectivity index (χ0v) is 16.3. The Balaban J connectivity index is 1.28. The highest BCUT2D eigenvalue weighted by Gasteiger charge is 2.33. The summed E-state index contributed by atoms with van der Waals surface area (Å²) in [5, 5.41) is 3.54. The Morgan fingerprint density at radius 2 is 1.89 bits per heavy atom. The smallest absolute Gasteiger partial charge is 0.228 e. The van der Waals surface area contributed by atoms with Crippen molar-refractivity contribution < 1.29 is 9.53 Å². The molecule has 0 spiro atoms. The summed E-state index contributed by atoms with van der Waals surface area (Å²) in [4.78, 5) is 25.9. The van der Waals surface area contributed by atoms with Crippen LogP contribution in [0.25, 0.3) is 0 Å². The van der Waals surface area contributed by atoms with E-state index in [0.717, 1.165) is 51.1 Å². The number of carbonyl (C=O) groups is 1. The lowest BCUT2D eigenvalue weighted by Crippen LogP contribution is -2.42. The molecule has 1 aromatic carbocycles. The molecule has 0 bridgehead atoms. The summed E-state index contributed by atoms with van der Waals surface area (Å²) < 4.78 is 5.18. The van der Waals surface area contributed by atoms with Crippen molar-refractivity contribution >= 4 is 17.5 Å². The molecule has 7 nitrogen and oxygen atoms in total. The first-order chi connectivity index (χ1) is 13.7.